The molecule has 2 heterocycles. The van der Waals surface area contributed by atoms with E-state index in [0.717, 1.165) is 19.3 Å². The van der Waals surface area contributed by atoms with E-state index in [1.54, 1.807) is 6.07 Å². The van der Waals surface area contributed by atoms with Crippen molar-refractivity contribution in [2.75, 3.05) is 28.6 Å². The summed E-state index contributed by atoms with van der Waals surface area (Å²) >= 11 is 11.2. The van der Waals surface area contributed by atoms with Gasteiger partial charge in [-0.15, -0.1) is 20.4 Å². The molecular weight excluding hydrogens is 477 g/mol. The second-order valence-corrected chi connectivity index (χ2v) is 9.21. The molecule has 0 bridgehead atoms. The van der Waals surface area contributed by atoms with Crippen LogP contribution in [0.5, 0.6) is 5.75 Å². The molecule has 1 aliphatic heterocycles. The smallest absolute Gasteiger partial charge is 0.420 e. The number of nitrogens with one attached hydrogen (secondary N) is 2. The number of anilines is 3. The number of halogens is 4. The fourth-order valence-corrected chi connectivity index (χ4v) is 4.53. The molecule has 4 rings (SSSR count). The van der Waals surface area contributed by atoms with Crippen LogP contribution in [-0.4, -0.2) is 52.2 Å². The molecule has 178 valence electrons. The van der Waals surface area contributed by atoms with E-state index < -0.39 is 17.6 Å². The summed E-state index contributed by atoms with van der Waals surface area (Å²) in [5.41, 5.74) is -2.42. The lowest BCUT2D eigenvalue weighted by molar-refractivity contribution is -0.0964. The van der Waals surface area contributed by atoms with Crippen LogP contribution in [0.1, 0.15) is 36.0 Å². The van der Waals surface area contributed by atoms with Gasteiger partial charge in [-0.2, -0.15) is 0 Å². The summed E-state index contributed by atoms with van der Waals surface area (Å²) in [6, 6.07) is 7.19. The Balaban J connectivity index is 1.51. The molecule has 11 heteroatoms. The Morgan fingerprint density at radius 2 is 2.00 bits per heavy atom. The van der Waals surface area contributed by atoms with Gasteiger partial charge in [-0.3, -0.25) is 4.79 Å². The molecule has 0 radical (unpaired) electrons. The largest absolute Gasteiger partial charge is 0.487 e. The normalized spacial score (nSPS) is 22.9. The molecule has 1 aromatic carbocycles. The standard InChI is InChI=1S/C22H24Cl2F2N4O3/c23-17-2-1-3-18(17)29-19-10-13(11-27-20(19)30-9-8-15(31)12-30)21(32)28-14-4-6-16(7-5-14)33-22(24,25)26/h4-7,10-11,15,17-18,29,31H,1-3,8-9,12H2,(H,28,32)/t15-,17?,18?/m1/s1. The molecule has 1 aromatic heterocycles. The lowest BCUT2D eigenvalue weighted by Crippen LogP contribution is -2.28. The number of amides is 1. The molecule has 1 amide bonds. The number of hydrogen-bond donors (Lipinski definition) is 3. The van der Waals surface area contributed by atoms with Crippen molar-refractivity contribution in [1.29, 1.82) is 0 Å². The predicted molar refractivity (Wildman–Crippen MR) is 124 cm³/mol. The fourth-order valence-electron chi connectivity index (χ4n) is 4.09. The van der Waals surface area contributed by atoms with E-state index in [1.807, 2.05) is 4.90 Å². The fraction of sp³-hybridized carbons (Fsp3) is 0.455. The first kappa shape index (κ1) is 23.8. The Bertz CT molecular complexity index is 991. The Labute approximate surface area is 200 Å². The number of β-amino-alcohol motifs (C(OH)–C–C–N with tert-alkyl or cyclic N) is 1. The third-order valence-corrected chi connectivity index (χ3v) is 6.31. The van der Waals surface area contributed by atoms with Gasteiger partial charge in [-0.1, -0.05) is 0 Å². The number of aromatic nitrogens is 1. The lowest BCUT2D eigenvalue weighted by Gasteiger charge is -2.24. The third kappa shape index (κ3) is 6.16. The topological polar surface area (TPSA) is 86.7 Å². The van der Waals surface area contributed by atoms with Crippen LogP contribution in [0.2, 0.25) is 0 Å². The van der Waals surface area contributed by atoms with E-state index in [4.69, 9.17) is 23.2 Å². The van der Waals surface area contributed by atoms with Crippen molar-refractivity contribution >= 4 is 46.3 Å². The van der Waals surface area contributed by atoms with Gasteiger partial charge in [0, 0.05) is 42.6 Å². The molecule has 1 aliphatic carbocycles. The summed E-state index contributed by atoms with van der Waals surface area (Å²) < 4.78 is 29.8. The molecule has 3 atom stereocenters. The zero-order chi connectivity index (χ0) is 23.6. The zero-order valence-corrected chi connectivity index (χ0v) is 19.1. The van der Waals surface area contributed by atoms with Crippen molar-refractivity contribution in [3.05, 3.63) is 42.1 Å². The van der Waals surface area contributed by atoms with Crippen LogP contribution in [0, 0.1) is 0 Å². The van der Waals surface area contributed by atoms with Crippen LogP contribution in [-0.2, 0) is 0 Å². The molecule has 2 aliphatic rings. The van der Waals surface area contributed by atoms with Gasteiger partial charge in [0.1, 0.15) is 5.75 Å². The highest BCUT2D eigenvalue weighted by molar-refractivity contribution is 6.21. The number of carbonyl (C=O) groups is 1. The zero-order valence-electron chi connectivity index (χ0n) is 17.6. The third-order valence-electron chi connectivity index (χ3n) is 5.71. The summed E-state index contributed by atoms with van der Waals surface area (Å²) in [4.78, 5) is 19.3. The number of alkyl halides is 4. The van der Waals surface area contributed by atoms with Gasteiger partial charge in [0.25, 0.3) is 5.91 Å². The maximum atomic E-state index is 12.8. The molecule has 1 saturated carbocycles. The van der Waals surface area contributed by atoms with Gasteiger partial charge in [0.2, 0.25) is 0 Å². The highest BCUT2D eigenvalue weighted by Gasteiger charge is 2.29. The average molecular weight is 501 g/mol. The maximum absolute atomic E-state index is 12.8. The number of nitrogens with zero attached hydrogens (tertiary/aromatic N) is 2. The Morgan fingerprint density at radius 1 is 1.24 bits per heavy atom. The lowest BCUT2D eigenvalue weighted by atomic mass is 10.2. The van der Waals surface area contributed by atoms with Gasteiger partial charge in [-0.05, 0) is 56.0 Å². The number of hydrogen-bond acceptors (Lipinski definition) is 6. The summed E-state index contributed by atoms with van der Waals surface area (Å²) in [6.45, 7) is 1.14. The molecule has 2 unspecified atom stereocenters. The Morgan fingerprint density at radius 3 is 2.61 bits per heavy atom. The first-order valence-corrected chi connectivity index (χ1v) is 11.5. The van der Waals surface area contributed by atoms with E-state index in [-0.39, 0.29) is 17.2 Å². The predicted octanol–water partition coefficient (Wildman–Crippen LogP) is 4.64. The molecule has 7 nitrogen and oxygen atoms in total. The van der Waals surface area contributed by atoms with Gasteiger partial charge in [0.05, 0.1) is 22.7 Å². The van der Waals surface area contributed by atoms with E-state index in [0.29, 0.717) is 42.3 Å². The molecule has 2 fully saturated rings. The Hall–Kier alpha value is -2.36. The minimum absolute atomic E-state index is 0.0133. The van der Waals surface area contributed by atoms with E-state index in [9.17, 15) is 18.7 Å². The van der Waals surface area contributed by atoms with E-state index in [2.05, 4.69) is 20.4 Å². The van der Waals surface area contributed by atoms with E-state index in [1.165, 1.54) is 30.5 Å². The molecular formula is C22H24Cl2F2N4O3. The Kier molecular flexibility index (Phi) is 7.11. The quantitative estimate of drug-likeness (QED) is 0.480. The number of rotatable bonds is 7. The second-order valence-electron chi connectivity index (χ2n) is 8.21. The van der Waals surface area contributed by atoms with E-state index >= 15 is 0 Å². The average Bonchev–Trinajstić information content (AvgIpc) is 3.36. The highest BCUT2D eigenvalue weighted by Crippen LogP contribution is 2.33. The molecule has 33 heavy (non-hydrogen) atoms. The summed E-state index contributed by atoms with van der Waals surface area (Å²) in [5.74, 6) is 0.122. The first-order valence-electron chi connectivity index (χ1n) is 10.7. The minimum Gasteiger partial charge on any atom is -0.420 e. The van der Waals surface area contributed by atoms with Gasteiger partial charge in [0.15, 0.2) is 5.82 Å². The van der Waals surface area contributed by atoms with Crippen LogP contribution in [0.4, 0.5) is 26.0 Å². The first-order chi connectivity index (χ1) is 15.7. The van der Waals surface area contributed by atoms with Crippen molar-refractivity contribution in [2.45, 2.75) is 48.8 Å². The number of aliphatic hydroxyl groups excluding tert-OH is 1. The maximum Gasteiger partial charge on any atom is 0.487 e. The number of carbonyl (C=O) groups excluding carboxylic acids is 1. The SMILES string of the molecule is O=C(Nc1ccc(OC(F)(F)Cl)cc1)c1cnc(N2CC[C@@H](O)C2)c(NC2CCCC2Cl)c1. The number of pyridine rings is 1. The van der Waals surface area contributed by atoms with Crippen molar-refractivity contribution in [3.8, 4) is 5.75 Å². The molecule has 3 N–H and O–H groups in total. The van der Waals surface area contributed by atoms with Crippen LogP contribution in [0.3, 0.4) is 0 Å². The van der Waals surface area contributed by atoms with Gasteiger partial charge in [-0.25, -0.2) is 4.98 Å². The monoisotopic (exact) mass is 500 g/mol. The van der Waals surface area contributed by atoms with Crippen molar-refractivity contribution in [3.63, 3.8) is 0 Å². The highest BCUT2D eigenvalue weighted by atomic mass is 35.5. The number of aliphatic hydroxyl groups is 1. The van der Waals surface area contributed by atoms with Gasteiger partial charge < -0.3 is 25.4 Å². The molecule has 2 aromatic rings. The van der Waals surface area contributed by atoms with Crippen molar-refractivity contribution in [1.82, 2.24) is 4.98 Å². The van der Waals surface area contributed by atoms with Crippen LogP contribution < -0.4 is 20.3 Å². The summed E-state index contributed by atoms with van der Waals surface area (Å²) in [5, 5.41) is 16.1. The van der Waals surface area contributed by atoms with Crippen LogP contribution in [0.25, 0.3) is 0 Å². The van der Waals surface area contributed by atoms with Crippen LogP contribution in [0.15, 0.2) is 36.5 Å². The summed E-state index contributed by atoms with van der Waals surface area (Å²) in [7, 11) is 0. The minimum atomic E-state index is -3.81. The number of benzene rings is 1. The molecule has 1 saturated heterocycles. The number of ether oxygens (including phenoxy) is 1. The van der Waals surface area contributed by atoms with Crippen LogP contribution >= 0.6 is 23.2 Å². The summed E-state index contributed by atoms with van der Waals surface area (Å²) in [6.07, 6.45) is 4.56. The second kappa shape index (κ2) is 9.87. The van der Waals surface area contributed by atoms with Crippen molar-refractivity contribution in [2.24, 2.45) is 0 Å². The molecule has 0 spiro atoms. The van der Waals surface area contributed by atoms with Crippen molar-refractivity contribution < 1.29 is 23.4 Å². The van der Waals surface area contributed by atoms with Gasteiger partial charge >= 0.3 is 5.57 Å².